The van der Waals surface area contributed by atoms with Crippen LogP contribution in [0.1, 0.15) is 50.2 Å². The van der Waals surface area contributed by atoms with Crippen molar-refractivity contribution in [2.45, 2.75) is 58.5 Å². The zero-order valence-corrected chi connectivity index (χ0v) is 13.6. The normalized spacial score (nSPS) is 28.0. The maximum absolute atomic E-state index is 6.03. The number of fused-ring (bicyclic) bond motifs is 3. The number of imidazole rings is 1. The summed E-state index contributed by atoms with van der Waals surface area (Å²) in [4.78, 5) is 4.89. The number of hydrogen-bond donors (Lipinski definition) is 0. The Hall–Kier alpha value is -1.03. The number of nitrogens with zero attached hydrogens (tertiary/aromatic N) is 4. The first-order valence-corrected chi connectivity index (χ1v) is 8.76. The molecule has 4 rings (SSSR count). The van der Waals surface area contributed by atoms with Crippen molar-refractivity contribution in [2.24, 2.45) is 11.8 Å². The standard InChI is InChI=1S/C16H23ClN4/c1-3-20-16-15(10(2)19-20)18-14(6-7-17)21(16)13-9-11-4-5-12(13)8-11/h11-13H,3-9H2,1-2H3. The Bertz CT molecular complexity index is 671. The third-order valence-corrected chi connectivity index (χ3v) is 5.66. The Balaban J connectivity index is 1.89. The van der Waals surface area contributed by atoms with Crippen LogP contribution in [0.2, 0.25) is 0 Å². The lowest BCUT2D eigenvalue weighted by atomic mass is 9.95. The highest BCUT2D eigenvalue weighted by molar-refractivity contribution is 6.17. The van der Waals surface area contributed by atoms with E-state index in [-0.39, 0.29) is 0 Å². The van der Waals surface area contributed by atoms with Gasteiger partial charge in [-0.3, -0.25) is 0 Å². The maximum atomic E-state index is 6.03. The predicted molar refractivity (Wildman–Crippen MR) is 84.8 cm³/mol. The minimum atomic E-state index is 0.619. The van der Waals surface area contributed by atoms with Gasteiger partial charge in [0.2, 0.25) is 0 Å². The van der Waals surface area contributed by atoms with Crippen LogP contribution >= 0.6 is 11.6 Å². The molecule has 2 bridgehead atoms. The molecule has 0 radical (unpaired) electrons. The molecule has 2 aliphatic carbocycles. The van der Waals surface area contributed by atoms with Crippen LogP contribution in [0, 0.1) is 18.8 Å². The smallest absolute Gasteiger partial charge is 0.159 e. The van der Waals surface area contributed by atoms with E-state index in [0.29, 0.717) is 11.9 Å². The molecule has 2 fully saturated rings. The van der Waals surface area contributed by atoms with E-state index in [1.165, 1.54) is 37.2 Å². The van der Waals surface area contributed by atoms with E-state index < -0.39 is 0 Å². The lowest BCUT2D eigenvalue weighted by Crippen LogP contribution is -2.20. The molecule has 114 valence electrons. The average Bonchev–Trinajstić information content (AvgIpc) is 3.20. The zero-order chi connectivity index (χ0) is 14.6. The lowest BCUT2D eigenvalue weighted by Gasteiger charge is -2.25. The van der Waals surface area contributed by atoms with E-state index in [0.717, 1.165) is 36.0 Å². The summed E-state index contributed by atoms with van der Waals surface area (Å²) in [6.07, 6.45) is 6.39. The molecule has 0 amide bonds. The van der Waals surface area contributed by atoms with Gasteiger partial charge in [-0.05, 0) is 44.9 Å². The van der Waals surface area contributed by atoms with Gasteiger partial charge in [0.25, 0.3) is 0 Å². The summed E-state index contributed by atoms with van der Waals surface area (Å²) in [5.74, 6) is 3.57. The molecule has 3 unspecified atom stereocenters. The van der Waals surface area contributed by atoms with Crippen molar-refractivity contribution in [3.63, 3.8) is 0 Å². The predicted octanol–water partition coefficient (Wildman–Crippen LogP) is 3.70. The second-order valence-electron chi connectivity index (χ2n) is 6.65. The van der Waals surface area contributed by atoms with Crippen molar-refractivity contribution in [3.8, 4) is 0 Å². The number of alkyl halides is 1. The van der Waals surface area contributed by atoms with Crippen LogP contribution in [0.5, 0.6) is 0 Å². The van der Waals surface area contributed by atoms with E-state index >= 15 is 0 Å². The third kappa shape index (κ3) is 1.95. The molecular formula is C16H23ClN4. The van der Waals surface area contributed by atoms with Crippen molar-refractivity contribution in [2.75, 3.05) is 5.88 Å². The maximum Gasteiger partial charge on any atom is 0.159 e. The van der Waals surface area contributed by atoms with Gasteiger partial charge in [-0.25, -0.2) is 9.67 Å². The number of aromatic nitrogens is 4. The van der Waals surface area contributed by atoms with E-state index in [1.807, 2.05) is 0 Å². The molecule has 2 aromatic rings. The van der Waals surface area contributed by atoms with Crippen molar-refractivity contribution < 1.29 is 0 Å². The van der Waals surface area contributed by atoms with Crippen LogP contribution in [0.4, 0.5) is 0 Å². The Morgan fingerprint density at radius 2 is 2.14 bits per heavy atom. The third-order valence-electron chi connectivity index (χ3n) is 5.47. The molecule has 2 aliphatic rings. The van der Waals surface area contributed by atoms with Gasteiger partial charge >= 0.3 is 0 Å². The van der Waals surface area contributed by atoms with Gasteiger partial charge in [0, 0.05) is 24.9 Å². The van der Waals surface area contributed by atoms with Crippen LogP contribution < -0.4 is 0 Å². The van der Waals surface area contributed by atoms with E-state index in [4.69, 9.17) is 16.6 Å². The number of hydrogen-bond acceptors (Lipinski definition) is 2. The fourth-order valence-electron chi connectivity index (χ4n) is 4.59. The fraction of sp³-hybridized carbons (Fsp3) is 0.750. The van der Waals surface area contributed by atoms with Crippen LogP contribution in [0.3, 0.4) is 0 Å². The van der Waals surface area contributed by atoms with E-state index in [9.17, 15) is 0 Å². The molecule has 21 heavy (non-hydrogen) atoms. The summed E-state index contributed by atoms with van der Waals surface area (Å²) >= 11 is 6.03. The van der Waals surface area contributed by atoms with Gasteiger partial charge in [0.15, 0.2) is 5.65 Å². The Morgan fingerprint density at radius 1 is 1.29 bits per heavy atom. The first-order chi connectivity index (χ1) is 10.2. The van der Waals surface area contributed by atoms with Gasteiger partial charge in [0.1, 0.15) is 11.3 Å². The SMILES string of the molecule is CCn1nc(C)c2nc(CCCl)n(C3CC4CCC3C4)c21. The Morgan fingerprint density at radius 3 is 2.76 bits per heavy atom. The zero-order valence-electron chi connectivity index (χ0n) is 12.8. The Kier molecular flexibility index (Phi) is 3.25. The summed E-state index contributed by atoms with van der Waals surface area (Å²) in [6, 6.07) is 0.619. The number of aryl methyl sites for hydroxylation is 3. The molecule has 3 atom stereocenters. The summed E-state index contributed by atoms with van der Waals surface area (Å²) < 4.78 is 4.63. The molecule has 2 heterocycles. The summed E-state index contributed by atoms with van der Waals surface area (Å²) in [7, 11) is 0. The lowest BCUT2D eigenvalue weighted by molar-refractivity contribution is 0.326. The van der Waals surface area contributed by atoms with Gasteiger partial charge in [-0.2, -0.15) is 5.10 Å². The molecule has 2 saturated carbocycles. The first kappa shape index (κ1) is 13.6. The van der Waals surface area contributed by atoms with Crippen LogP contribution in [-0.4, -0.2) is 25.2 Å². The van der Waals surface area contributed by atoms with Crippen molar-refractivity contribution in [1.82, 2.24) is 19.3 Å². The first-order valence-electron chi connectivity index (χ1n) is 8.23. The summed E-state index contributed by atoms with van der Waals surface area (Å²) in [5, 5.41) is 4.66. The van der Waals surface area contributed by atoms with Gasteiger partial charge in [-0.1, -0.05) is 6.42 Å². The molecule has 4 nitrogen and oxygen atoms in total. The minimum Gasteiger partial charge on any atom is -0.309 e. The average molecular weight is 307 g/mol. The van der Waals surface area contributed by atoms with Crippen molar-refractivity contribution in [1.29, 1.82) is 0 Å². The molecule has 2 aromatic heterocycles. The van der Waals surface area contributed by atoms with E-state index in [2.05, 4.69) is 28.2 Å². The van der Waals surface area contributed by atoms with Crippen LogP contribution in [0.15, 0.2) is 0 Å². The van der Waals surface area contributed by atoms with Crippen LogP contribution in [0.25, 0.3) is 11.2 Å². The minimum absolute atomic E-state index is 0.619. The molecule has 0 saturated heterocycles. The van der Waals surface area contributed by atoms with Gasteiger partial charge < -0.3 is 4.57 Å². The number of halogens is 1. The topological polar surface area (TPSA) is 35.6 Å². The van der Waals surface area contributed by atoms with Crippen molar-refractivity contribution in [3.05, 3.63) is 11.5 Å². The van der Waals surface area contributed by atoms with E-state index in [1.54, 1.807) is 0 Å². The highest BCUT2D eigenvalue weighted by Crippen LogP contribution is 2.51. The van der Waals surface area contributed by atoms with Gasteiger partial charge in [0.05, 0.1) is 5.69 Å². The largest absolute Gasteiger partial charge is 0.309 e. The van der Waals surface area contributed by atoms with Crippen LogP contribution in [-0.2, 0) is 13.0 Å². The molecule has 5 heteroatoms. The summed E-state index contributed by atoms with van der Waals surface area (Å²) in [5.41, 5.74) is 3.36. The summed E-state index contributed by atoms with van der Waals surface area (Å²) in [6.45, 7) is 5.12. The second-order valence-corrected chi connectivity index (χ2v) is 7.03. The highest BCUT2D eigenvalue weighted by Gasteiger charge is 2.42. The quantitative estimate of drug-likeness (QED) is 0.807. The number of rotatable bonds is 4. The second kappa shape index (κ2) is 5.01. The molecular weight excluding hydrogens is 284 g/mol. The van der Waals surface area contributed by atoms with Crippen molar-refractivity contribution >= 4 is 22.8 Å². The van der Waals surface area contributed by atoms with Gasteiger partial charge in [-0.15, -0.1) is 11.6 Å². The molecule has 0 N–H and O–H groups in total. The molecule has 0 aromatic carbocycles. The monoisotopic (exact) mass is 306 g/mol. The highest BCUT2D eigenvalue weighted by atomic mass is 35.5. The Labute approximate surface area is 130 Å². The fourth-order valence-corrected chi connectivity index (χ4v) is 4.76. The molecule has 0 spiro atoms. The molecule has 0 aliphatic heterocycles.